The van der Waals surface area contributed by atoms with Crippen LogP contribution >= 0.6 is 0 Å². The molecule has 192 valence electrons. The summed E-state index contributed by atoms with van der Waals surface area (Å²) in [7, 11) is 2.03. The molecule has 3 aliphatic heterocycles. The lowest BCUT2D eigenvalue weighted by molar-refractivity contribution is -0.139. The maximum atomic E-state index is 14.0. The molecule has 0 spiro atoms. The molecule has 4 atom stereocenters. The highest BCUT2D eigenvalue weighted by Crippen LogP contribution is 2.48. The standard InChI is InChI=1S/C30H34N4O3/c1-32-26-18-34-25(10-9-23(29(34)36)22-8-5-13-31-17-22)28(32)27(24(26)19-35)30(37)33-14-11-21(12-15-33)16-20-6-3-2-4-7-20/h2-10,13,17,21,24,26-28,35H,11-12,14-16,18-19H2,1H3/t24-,26-,27+,28+/m1/s1. The number of nitrogens with zero attached hydrogens (tertiary/aromatic N) is 4. The molecular weight excluding hydrogens is 464 g/mol. The number of carbonyl (C=O) groups is 1. The lowest BCUT2D eigenvalue weighted by Crippen LogP contribution is -2.45. The van der Waals surface area contributed by atoms with Crippen molar-refractivity contribution in [2.45, 2.75) is 37.9 Å². The van der Waals surface area contributed by atoms with Crippen LogP contribution in [0.4, 0.5) is 0 Å². The van der Waals surface area contributed by atoms with Gasteiger partial charge in [0.1, 0.15) is 0 Å². The lowest BCUT2D eigenvalue weighted by atomic mass is 9.84. The van der Waals surface area contributed by atoms with Gasteiger partial charge in [-0.25, -0.2) is 0 Å². The van der Waals surface area contributed by atoms with E-state index in [1.54, 1.807) is 12.4 Å². The van der Waals surface area contributed by atoms with E-state index in [0.29, 0.717) is 18.0 Å². The number of fused-ring (bicyclic) bond motifs is 4. The molecule has 7 nitrogen and oxygen atoms in total. The van der Waals surface area contributed by atoms with Crippen molar-refractivity contribution in [3.05, 3.63) is 88.6 Å². The second kappa shape index (κ2) is 9.88. The molecule has 2 saturated heterocycles. The first-order chi connectivity index (χ1) is 18.1. The second-order valence-electron chi connectivity index (χ2n) is 10.8. The number of likely N-dealkylation sites (N-methyl/N-ethyl adjacent to an activating group) is 1. The smallest absolute Gasteiger partial charge is 0.258 e. The van der Waals surface area contributed by atoms with E-state index in [2.05, 4.69) is 34.1 Å². The SMILES string of the molecule is CN1[C@@H]2Cn3c(ccc(-c4cccnc4)c3=O)[C@H]1[C@@H](C(=O)N1CCC(Cc3ccccc3)CC1)[C@@H]2CO. The fraction of sp³-hybridized carbons (Fsp3) is 0.433. The fourth-order valence-electron chi connectivity index (χ4n) is 6.93. The largest absolute Gasteiger partial charge is 0.396 e. The van der Waals surface area contributed by atoms with Crippen molar-refractivity contribution in [1.82, 2.24) is 19.4 Å². The molecule has 0 radical (unpaired) electrons. The van der Waals surface area contributed by atoms with Crippen molar-refractivity contribution in [3.63, 3.8) is 0 Å². The van der Waals surface area contributed by atoms with Crippen LogP contribution in [-0.4, -0.2) is 63.2 Å². The molecule has 0 unspecified atom stereocenters. The quantitative estimate of drug-likeness (QED) is 0.585. The van der Waals surface area contributed by atoms with Crippen LogP contribution in [0.1, 0.15) is 30.1 Å². The summed E-state index contributed by atoms with van der Waals surface area (Å²) in [6.45, 7) is 1.91. The number of aliphatic hydroxyl groups excluding tert-OH is 1. The van der Waals surface area contributed by atoms with Gasteiger partial charge in [-0.15, -0.1) is 0 Å². The monoisotopic (exact) mass is 498 g/mol. The topological polar surface area (TPSA) is 78.7 Å². The molecule has 37 heavy (non-hydrogen) atoms. The number of pyridine rings is 2. The van der Waals surface area contributed by atoms with E-state index < -0.39 is 0 Å². The van der Waals surface area contributed by atoms with Crippen LogP contribution in [0.2, 0.25) is 0 Å². The number of aromatic nitrogens is 2. The van der Waals surface area contributed by atoms with E-state index in [0.717, 1.165) is 43.6 Å². The highest BCUT2D eigenvalue weighted by atomic mass is 16.3. The minimum atomic E-state index is -0.358. The van der Waals surface area contributed by atoms with E-state index in [4.69, 9.17) is 0 Å². The first kappa shape index (κ1) is 24.1. The summed E-state index contributed by atoms with van der Waals surface area (Å²) in [5.41, 5.74) is 3.57. The number of likely N-dealkylation sites (tertiary alicyclic amines) is 1. The fourth-order valence-corrected chi connectivity index (χ4v) is 6.93. The van der Waals surface area contributed by atoms with Crippen molar-refractivity contribution in [2.75, 3.05) is 26.7 Å². The summed E-state index contributed by atoms with van der Waals surface area (Å²) in [4.78, 5) is 35.9. The zero-order chi connectivity index (χ0) is 25.5. The van der Waals surface area contributed by atoms with Crippen molar-refractivity contribution >= 4 is 5.91 Å². The minimum absolute atomic E-state index is 0.0554. The molecule has 2 aromatic heterocycles. The third-order valence-corrected chi connectivity index (χ3v) is 8.90. The molecule has 3 aromatic rings. The van der Waals surface area contributed by atoms with E-state index in [1.165, 1.54) is 5.56 Å². The molecule has 1 amide bonds. The summed E-state index contributed by atoms with van der Waals surface area (Å²) in [6.07, 6.45) is 6.44. The Balaban J connectivity index is 1.25. The summed E-state index contributed by atoms with van der Waals surface area (Å²) >= 11 is 0. The van der Waals surface area contributed by atoms with Gasteiger partial charge in [0.15, 0.2) is 0 Å². The maximum absolute atomic E-state index is 14.0. The van der Waals surface area contributed by atoms with Gasteiger partial charge in [0.25, 0.3) is 5.56 Å². The van der Waals surface area contributed by atoms with E-state index in [-0.39, 0.29) is 42.0 Å². The van der Waals surface area contributed by atoms with Gasteiger partial charge in [-0.05, 0) is 56.0 Å². The number of benzene rings is 1. The third-order valence-electron chi connectivity index (χ3n) is 8.90. The van der Waals surface area contributed by atoms with Crippen molar-refractivity contribution in [1.29, 1.82) is 0 Å². The summed E-state index contributed by atoms with van der Waals surface area (Å²) in [6, 6.07) is 17.9. The lowest BCUT2D eigenvalue weighted by Gasteiger charge is -2.37. The third kappa shape index (κ3) is 4.20. The van der Waals surface area contributed by atoms with Crippen LogP contribution < -0.4 is 5.56 Å². The Hall–Kier alpha value is -3.29. The summed E-state index contributed by atoms with van der Waals surface area (Å²) in [5.74, 6) is 0.137. The highest BCUT2D eigenvalue weighted by molar-refractivity contribution is 5.81. The summed E-state index contributed by atoms with van der Waals surface area (Å²) in [5, 5.41) is 10.4. The normalized spacial score (nSPS) is 25.7. The number of hydrogen-bond donors (Lipinski definition) is 1. The molecule has 2 bridgehead atoms. The van der Waals surface area contributed by atoms with Crippen molar-refractivity contribution < 1.29 is 9.90 Å². The number of rotatable bonds is 5. The molecule has 1 aromatic carbocycles. The Bertz CT molecular complexity index is 1320. The average Bonchev–Trinajstić information content (AvgIpc) is 3.11. The number of piperidine rings is 1. The molecule has 0 aliphatic carbocycles. The minimum Gasteiger partial charge on any atom is -0.396 e. The molecule has 1 N–H and O–H groups in total. The summed E-state index contributed by atoms with van der Waals surface area (Å²) < 4.78 is 1.83. The predicted molar refractivity (Wildman–Crippen MR) is 142 cm³/mol. The first-order valence-electron chi connectivity index (χ1n) is 13.4. The molecule has 3 aliphatic rings. The molecule has 0 saturated carbocycles. The number of carbonyl (C=O) groups excluding carboxylic acids is 1. The van der Waals surface area contributed by atoms with Crippen LogP contribution in [0, 0.1) is 17.8 Å². The Morgan fingerprint density at radius 3 is 2.54 bits per heavy atom. The zero-order valence-electron chi connectivity index (χ0n) is 21.2. The Morgan fingerprint density at radius 1 is 1.05 bits per heavy atom. The highest BCUT2D eigenvalue weighted by Gasteiger charge is 2.55. The van der Waals surface area contributed by atoms with Gasteiger partial charge in [0.2, 0.25) is 5.91 Å². The number of hydrogen-bond acceptors (Lipinski definition) is 5. The van der Waals surface area contributed by atoms with Crippen LogP contribution in [0.25, 0.3) is 11.1 Å². The van der Waals surface area contributed by atoms with Gasteiger partial charge >= 0.3 is 0 Å². The molecular formula is C30H34N4O3. The van der Waals surface area contributed by atoms with Crippen LogP contribution in [0.5, 0.6) is 0 Å². The first-order valence-corrected chi connectivity index (χ1v) is 13.4. The Labute approximate surface area is 217 Å². The van der Waals surface area contributed by atoms with Gasteiger partial charge in [-0.2, -0.15) is 0 Å². The van der Waals surface area contributed by atoms with Gasteiger partial charge < -0.3 is 14.6 Å². The Morgan fingerprint density at radius 2 is 1.84 bits per heavy atom. The second-order valence-corrected chi connectivity index (χ2v) is 10.8. The van der Waals surface area contributed by atoms with Gasteiger partial charge in [0, 0.05) is 67.4 Å². The molecule has 7 heteroatoms. The molecule has 5 heterocycles. The van der Waals surface area contributed by atoms with Gasteiger partial charge in [-0.3, -0.25) is 19.5 Å². The van der Waals surface area contributed by atoms with Crippen LogP contribution in [-0.2, 0) is 17.8 Å². The van der Waals surface area contributed by atoms with Crippen LogP contribution in [0.3, 0.4) is 0 Å². The molecule has 2 fully saturated rings. The predicted octanol–water partition coefficient (Wildman–Crippen LogP) is 2.99. The zero-order valence-corrected chi connectivity index (χ0v) is 21.2. The van der Waals surface area contributed by atoms with Crippen LogP contribution in [0.15, 0.2) is 71.8 Å². The van der Waals surface area contributed by atoms with E-state index in [9.17, 15) is 14.7 Å². The van der Waals surface area contributed by atoms with Crippen molar-refractivity contribution in [3.8, 4) is 11.1 Å². The van der Waals surface area contributed by atoms with Crippen molar-refractivity contribution in [2.24, 2.45) is 17.8 Å². The average molecular weight is 499 g/mol. The number of aliphatic hydroxyl groups is 1. The number of amides is 1. The van der Waals surface area contributed by atoms with Gasteiger partial charge in [0.05, 0.1) is 12.0 Å². The maximum Gasteiger partial charge on any atom is 0.258 e. The van der Waals surface area contributed by atoms with Gasteiger partial charge in [-0.1, -0.05) is 36.4 Å². The molecule has 6 rings (SSSR count). The van der Waals surface area contributed by atoms with E-state index >= 15 is 0 Å². The Kier molecular flexibility index (Phi) is 6.42. The van der Waals surface area contributed by atoms with E-state index in [1.807, 2.05) is 46.8 Å².